The number of nitrogens with one attached hydrogen (secondary N) is 1. The molecule has 1 heterocycles. The fourth-order valence-electron chi connectivity index (χ4n) is 2.65. The van der Waals surface area contributed by atoms with Crippen molar-refractivity contribution < 1.29 is 9.59 Å². The molecule has 1 fully saturated rings. The zero-order chi connectivity index (χ0) is 15.5. The van der Waals surface area contributed by atoms with Crippen molar-refractivity contribution in [1.82, 2.24) is 10.2 Å². The Kier molecular flexibility index (Phi) is 5.92. The Balaban J connectivity index is 3.04. The zero-order valence-electron chi connectivity index (χ0n) is 13.5. The third-order valence-corrected chi connectivity index (χ3v) is 4.57. The second kappa shape index (κ2) is 6.83. The lowest BCUT2D eigenvalue weighted by molar-refractivity contribution is -0.154. The van der Waals surface area contributed by atoms with Gasteiger partial charge in [0, 0.05) is 12.3 Å². The smallest absolute Gasteiger partial charge is 0.246 e. The first-order valence-corrected chi connectivity index (χ1v) is 8.73. The minimum atomic E-state index is -0.373. The van der Waals surface area contributed by atoms with Crippen LogP contribution in [0.5, 0.6) is 0 Å². The molecule has 116 valence electrons. The maximum absolute atomic E-state index is 12.7. The second-order valence-electron chi connectivity index (χ2n) is 6.66. The molecule has 5 heteroatoms. The molecule has 0 aromatic heterocycles. The van der Waals surface area contributed by atoms with Crippen molar-refractivity contribution in [3.05, 3.63) is 0 Å². The first-order chi connectivity index (χ1) is 9.23. The number of carbonyl (C=O) groups excluding carboxylic acids is 2. The minimum Gasteiger partial charge on any atom is -0.342 e. The number of piperazine rings is 1. The van der Waals surface area contributed by atoms with Crippen LogP contribution >= 0.6 is 11.8 Å². The third kappa shape index (κ3) is 3.68. The summed E-state index contributed by atoms with van der Waals surface area (Å²) in [7, 11) is 0. The van der Waals surface area contributed by atoms with E-state index >= 15 is 0 Å². The predicted molar refractivity (Wildman–Crippen MR) is 84.7 cm³/mol. The van der Waals surface area contributed by atoms with Crippen molar-refractivity contribution in [3.63, 3.8) is 0 Å². The number of carbonyl (C=O) groups is 2. The molecule has 0 aromatic rings. The van der Waals surface area contributed by atoms with E-state index in [4.69, 9.17) is 0 Å². The van der Waals surface area contributed by atoms with Gasteiger partial charge in [-0.1, -0.05) is 41.0 Å². The van der Waals surface area contributed by atoms with Crippen LogP contribution in [-0.2, 0) is 9.59 Å². The van der Waals surface area contributed by atoms with Crippen LogP contribution in [0.2, 0.25) is 0 Å². The molecule has 0 spiro atoms. The van der Waals surface area contributed by atoms with Crippen LogP contribution in [-0.4, -0.2) is 47.4 Å². The molecule has 1 aliphatic heterocycles. The number of rotatable bonds is 5. The van der Waals surface area contributed by atoms with Crippen LogP contribution in [0.1, 0.15) is 41.0 Å². The summed E-state index contributed by atoms with van der Waals surface area (Å²) in [6, 6.07) is -0.740. The van der Waals surface area contributed by atoms with Gasteiger partial charge in [-0.3, -0.25) is 9.59 Å². The van der Waals surface area contributed by atoms with Gasteiger partial charge in [0.25, 0.3) is 0 Å². The van der Waals surface area contributed by atoms with Crippen LogP contribution in [0.15, 0.2) is 0 Å². The van der Waals surface area contributed by atoms with Gasteiger partial charge < -0.3 is 10.2 Å². The van der Waals surface area contributed by atoms with Crippen molar-refractivity contribution in [3.8, 4) is 0 Å². The Labute approximate surface area is 127 Å². The molecule has 1 saturated heterocycles. The van der Waals surface area contributed by atoms with Gasteiger partial charge in [0.05, 0.1) is 0 Å². The van der Waals surface area contributed by atoms with Crippen molar-refractivity contribution >= 4 is 23.6 Å². The molecule has 2 amide bonds. The average molecular weight is 300 g/mol. The van der Waals surface area contributed by atoms with Gasteiger partial charge in [-0.2, -0.15) is 11.8 Å². The van der Waals surface area contributed by atoms with E-state index in [2.05, 4.69) is 5.32 Å². The van der Waals surface area contributed by atoms with Gasteiger partial charge >= 0.3 is 0 Å². The summed E-state index contributed by atoms with van der Waals surface area (Å²) >= 11 is 1.70. The standard InChI is InChI=1S/C15H28N2O2S/c1-7-10(2)11-14(19)17(8-9-20-6)12(13(18)16-11)15(3,4)5/h10-12H,7-9H2,1-6H3,(H,16,18). The topological polar surface area (TPSA) is 49.4 Å². The van der Waals surface area contributed by atoms with E-state index in [1.807, 2.05) is 40.9 Å². The molecule has 3 atom stereocenters. The largest absolute Gasteiger partial charge is 0.342 e. The van der Waals surface area contributed by atoms with Crippen molar-refractivity contribution in [2.24, 2.45) is 11.3 Å². The molecule has 20 heavy (non-hydrogen) atoms. The normalized spacial score (nSPS) is 25.6. The summed E-state index contributed by atoms with van der Waals surface area (Å²) in [6.45, 7) is 10.8. The summed E-state index contributed by atoms with van der Waals surface area (Å²) in [5, 5.41) is 2.94. The lowest BCUT2D eigenvalue weighted by atomic mass is 9.82. The fourth-order valence-corrected chi connectivity index (χ4v) is 3.03. The van der Waals surface area contributed by atoms with Crippen LogP contribution in [0.4, 0.5) is 0 Å². The Morgan fingerprint density at radius 2 is 1.95 bits per heavy atom. The monoisotopic (exact) mass is 300 g/mol. The lowest BCUT2D eigenvalue weighted by Gasteiger charge is -2.45. The molecular weight excluding hydrogens is 272 g/mol. The Hall–Kier alpha value is -0.710. The molecule has 1 rings (SSSR count). The quantitative estimate of drug-likeness (QED) is 0.846. The average Bonchev–Trinajstić information content (AvgIpc) is 2.36. The Bertz CT molecular complexity index is 365. The molecule has 0 aliphatic carbocycles. The SMILES string of the molecule is CCC(C)C1NC(=O)C(C(C)(C)C)N(CCSC)C1=O. The predicted octanol–water partition coefficient (Wildman–Crippen LogP) is 2.14. The van der Waals surface area contributed by atoms with Gasteiger partial charge in [-0.25, -0.2) is 0 Å². The Morgan fingerprint density at radius 1 is 1.35 bits per heavy atom. The molecule has 0 saturated carbocycles. The van der Waals surface area contributed by atoms with Crippen LogP contribution in [0.3, 0.4) is 0 Å². The van der Waals surface area contributed by atoms with Crippen LogP contribution in [0, 0.1) is 11.3 Å². The number of thioether (sulfide) groups is 1. The molecule has 3 unspecified atom stereocenters. The number of hydrogen-bond acceptors (Lipinski definition) is 3. The highest BCUT2D eigenvalue weighted by Crippen LogP contribution is 2.29. The molecule has 1 aliphatic rings. The fraction of sp³-hybridized carbons (Fsp3) is 0.867. The first kappa shape index (κ1) is 17.3. The maximum Gasteiger partial charge on any atom is 0.246 e. The third-order valence-electron chi connectivity index (χ3n) is 3.98. The van der Waals surface area contributed by atoms with E-state index in [0.717, 1.165) is 12.2 Å². The van der Waals surface area contributed by atoms with Crippen molar-refractivity contribution in [1.29, 1.82) is 0 Å². The highest BCUT2D eigenvalue weighted by atomic mass is 32.2. The Morgan fingerprint density at radius 3 is 2.40 bits per heavy atom. The van der Waals surface area contributed by atoms with Gasteiger partial charge in [0.2, 0.25) is 11.8 Å². The van der Waals surface area contributed by atoms with E-state index < -0.39 is 0 Å². The maximum atomic E-state index is 12.7. The van der Waals surface area contributed by atoms with E-state index in [9.17, 15) is 9.59 Å². The lowest BCUT2D eigenvalue weighted by Crippen LogP contribution is -2.68. The van der Waals surface area contributed by atoms with Gasteiger partial charge in [0.15, 0.2) is 0 Å². The van der Waals surface area contributed by atoms with Gasteiger partial charge in [-0.05, 0) is 17.6 Å². The summed E-state index contributed by atoms with van der Waals surface area (Å²) in [5.74, 6) is 1.10. The van der Waals surface area contributed by atoms with Crippen LogP contribution < -0.4 is 5.32 Å². The van der Waals surface area contributed by atoms with Crippen molar-refractivity contribution in [2.75, 3.05) is 18.6 Å². The number of nitrogens with zero attached hydrogens (tertiary/aromatic N) is 1. The zero-order valence-corrected chi connectivity index (χ0v) is 14.3. The summed E-state index contributed by atoms with van der Waals surface area (Å²) < 4.78 is 0. The molecule has 0 bridgehead atoms. The summed E-state index contributed by atoms with van der Waals surface area (Å²) in [4.78, 5) is 27.0. The first-order valence-electron chi connectivity index (χ1n) is 7.33. The van der Waals surface area contributed by atoms with Crippen LogP contribution in [0.25, 0.3) is 0 Å². The molecule has 0 aromatic carbocycles. The van der Waals surface area contributed by atoms with Crippen molar-refractivity contribution in [2.45, 2.75) is 53.1 Å². The highest BCUT2D eigenvalue weighted by molar-refractivity contribution is 7.98. The molecule has 1 N–H and O–H groups in total. The second-order valence-corrected chi connectivity index (χ2v) is 7.65. The number of amides is 2. The summed E-state index contributed by atoms with van der Waals surface area (Å²) in [5.41, 5.74) is -0.251. The van der Waals surface area contributed by atoms with E-state index in [1.165, 1.54) is 0 Å². The van der Waals surface area contributed by atoms with E-state index in [1.54, 1.807) is 16.7 Å². The minimum absolute atomic E-state index is 0.0106. The molecular formula is C15H28N2O2S. The van der Waals surface area contributed by atoms with E-state index in [-0.39, 0.29) is 35.2 Å². The van der Waals surface area contributed by atoms with Gasteiger partial charge in [0.1, 0.15) is 12.1 Å². The number of hydrogen-bond donors (Lipinski definition) is 1. The summed E-state index contributed by atoms with van der Waals surface area (Å²) in [6.07, 6.45) is 2.90. The highest BCUT2D eigenvalue weighted by Gasteiger charge is 2.46. The molecule has 4 nitrogen and oxygen atoms in total. The molecule has 0 radical (unpaired) electrons. The van der Waals surface area contributed by atoms with Gasteiger partial charge in [-0.15, -0.1) is 0 Å². The van der Waals surface area contributed by atoms with E-state index in [0.29, 0.717) is 6.54 Å².